The SMILES string of the molecule is CCNc1ncc(S(=O)(=O)NCCC(=O)NC2CC2)cn1. The third kappa shape index (κ3) is 4.94. The molecule has 21 heavy (non-hydrogen) atoms. The minimum atomic E-state index is -3.68. The first-order valence-electron chi connectivity index (χ1n) is 6.86. The minimum absolute atomic E-state index is 0.0215. The van der Waals surface area contributed by atoms with Crippen molar-refractivity contribution in [1.29, 1.82) is 0 Å². The van der Waals surface area contributed by atoms with Crippen molar-refractivity contribution in [2.75, 3.05) is 18.4 Å². The second kappa shape index (κ2) is 6.81. The van der Waals surface area contributed by atoms with Crippen LogP contribution >= 0.6 is 0 Å². The highest BCUT2D eigenvalue weighted by molar-refractivity contribution is 7.89. The summed E-state index contributed by atoms with van der Waals surface area (Å²) in [7, 11) is -3.68. The molecule has 1 amide bonds. The van der Waals surface area contributed by atoms with Crippen molar-refractivity contribution in [3.63, 3.8) is 0 Å². The van der Waals surface area contributed by atoms with E-state index in [0.29, 0.717) is 12.5 Å². The highest BCUT2D eigenvalue weighted by Crippen LogP contribution is 2.18. The number of rotatable bonds is 8. The van der Waals surface area contributed by atoms with Crippen LogP contribution in [0.15, 0.2) is 17.3 Å². The number of carbonyl (C=O) groups excluding carboxylic acids is 1. The second-order valence-corrected chi connectivity index (χ2v) is 6.53. The van der Waals surface area contributed by atoms with E-state index in [9.17, 15) is 13.2 Å². The van der Waals surface area contributed by atoms with Gasteiger partial charge in [0, 0.05) is 25.6 Å². The van der Waals surface area contributed by atoms with E-state index in [4.69, 9.17) is 0 Å². The molecule has 0 bridgehead atoms. The lowest BCUT2D eigenvalue weighted by Crippen LogP contribution is -2.31. The predicted octanol–water partition coefficient (Wildman–Crippen LogP) is -0.145. The van der Waals surface area contributed by atoms with Gasteiger partial charge in [0.25, 0.3) is 0 Å². The summed E-state index contributed by atoms with van der Waals surface area (Å²) < 4.78 is 26.3. The fraction of sp³-hybridized carbons (Fsp3) is 0.583. The molecule has 9 heteroatoms. The van der Waals surface area contributed by atoms with Crippen molar-refractivity contribution in [3.8, 4) is 0 Å². The Hall–Kier alpha value is -1.74. The Bertz CT molecular complexity index is 583. The predicted molar refractivity (Wildman–Crippen MR) is 77.2 cm³/mol. The molecule has 1 aliphatic rings. The number of carbonyl (C=O) groups is 1. The smallest absolute Gasteiger partial charge is 0.243 e. The van der Waals surface area contributed by atoms with Gasteiger partial charge in [-0.3, -0.25) is 4.79 Å². The maximum absolute atomic E-state index is 12.0. The zero-order chi connectivity index (χ0) is 15.3. The molecule has 1 aromatic rings. The molecule has 1 fully saturated rings. The van der Waals surface area contributed by atoms with Crippen LogP contribution in [0.2, 0.25) is 0 Å². The highest BCUT2D eigenvalue weighted by atomic mass is 32.2. The van der Waals surface area contributed by atoms with Gasteiger partial charge in [-0.1, -0.05) is 0 Å². The van der Waals surface area contributed by atoms with E-state index in [2.05, 4.69) is 25.3 Å². The first kappa shape index (κ1) is 15.6. The maximum Gasteiger partial charge on any atom is 0.243 e. The van der Waals surface area contributed by atoms with Gasteiger partial charge in [0.1, 0.15) is 4.90 Å². The maximum atomic E-state index is 12.0. The van der Waals surface area contributed by atoms with Crippen LogP contribution in [-0.4, -0.2) is 43.4 Å². The summed E-state index contributed by atoms with van der Waals surface area (Å²) in [6.45, 7) is 2.60. The average molecular weight is 313 g/mol. The number of aromatic nitrogens is 2. The molecule has 0 spiro atoms. The van der Waals surface area contributed by atoms with E-state index in [0.717, 1.165) is 12.8 Å². The lowest BCUT2D eigenvalue weighted by Gasteiger charge is -2.07. The molecule has 0 radical (unpaired) electrons. The Kier molecular flexibility index (Phi) is 5.07. The summed E-state index contributed by atoms with van der Waals surface area (Å²) in [5.41, 5.74) is 0. The van der Waals surface area contributed by atoms with Crippen molar-refractivity contribution in [1.82, 2.24) is 20.0 Å². The Balaban J connectivity index is 1.83. The number of nitrogens with one attached hydrogen (secondary N) is 3. The molecule has 1 heterocycles. The first-order chi connectivity index (χ1) is 10.0. The van der Waals surface area contributed by atoms with Gasteiger partial charge in [-0.05, 0) is 19.8 Å². The number of hydrogen-bond acceptors (Lipinski definition) is 6. The summed E-state index contributed by atoms with van der Waals surface area (Å²) in [5.74, 6) is 0.235. The zero-order valence-corrected chi connectivity index (χ0v) is 12.6. The molecule has 0 unspecified atom stereocenters. The van der Waals surface area contributed by atoms with E-state index in [-0.39, 0.29) is 29.8 Å². The Morgan fingerprint density at radius 2 is 2.00 bits per heavy atom. The fourth-order valence-corrected chi connectivity index (χ4v) is 2.53. The van der Waals surface area contributed by atoms with Crippen LogP contribution in [0.25, 0.3) is 0 Å². The Morgan fingerprint density at radius 3 is 2.57 bits per heavy atom. The van der Waals surface area contributed by atoms with Crippen molar-refractivity contribution in [3.05, 3.63) is 12.4 Å². The molecule has 3 N–H and O–H groups in total. The van der Waals surface area contributed by atoms with Gasteiger partial charge in [0.15, 0.2) is 0 Å². The van der Waals surface area contributed by atoms with Crippen LogP contribution in [0.1, 0.15) is 26.2 Å². The van der Waals surface area contributed by atoms with Gasteiger partial charge in [-0.25, -0.2) is 23.1 Å². The number of sulfonamides is 1. The Morgan fingerprint density at radius 1 is 1.33 bits per heavy atom. The number of amides is 1. The minimum Gasteiger partial charge on any atom is -0.355 e. The summed E-state index contributed by atoms with van der Waals surface area (Å²) in [6, 6.07) is 0.279. The van der Waals surface area contributed by atoms with Crippen LogP contribution in [0.3, 0.4) is 0 Å². The van der Waals surface area contributed by atoms with Crippen molar-refractivity contribution < 1.29 is 13.2 Å². The summed E-state index contributed by atoms with van der Waals surface area (Å²) >= 11 is 0. The van der Waals surface area contributed by atoms with Gasteiger partial charge in [0.05, 0.1) is 12.4 Å². The molecule has 0 aliphatic heterocycles. The largest absolute Gasteiger partial charge is 0.355 e. The van der Waals surface area contributed by atoms with Gasteiger partial charge in [0.2, 0.25) is 21.9 Å². The molecule has 1 saturated carbocycles. The lowest BCUT2D eigenvalue weighted by atomic mass is 10.4. The molecule has 116 valence electrons. The molecule has 1 aliphatic carbocycles. The van der Waals surface area contributed by atoms with Crippen LogP contribution in [0.4, 0.5) is 5.95 Å². The number of hydrogen-bond donors (Lipinski definition) is 3. The van der Waals surface area contributed by atoms with E-state index in [1.54, 1.807) is 0 Å². The van der Waals surface area contributed by atoms with E-state index >= 15 is 0 Å². The van der Waals surface area contributed by atoms with Gasteiger partial charge >= 0.3 is 0 Å². The molecule has 0 aromatic carbocycles. The van der Waals surface area contributed by atoms with E-state index < -0.39 is 10.0 Å². The van der Waals surface area contributed by atoms with Gasteiger partial charge in [-0.15, -0.1) is 0 Å². The van der Waals surface area contributed by atoms with Crippen molar-refractivity contribution >= 4 is 21.9 Å². The number of nitrogens with zero attached hydrogens (tertiary/aromatic N) is 2. The molecule has 8 nitrogen and oxygen atoms in total. The summed E-state index contributed by atoms with van der Waals surface area (Å²) in [6.07, 6.45) is 4.60. The average Bonchev–Trinajstić information content (AvgIpc) is 3.23. The quantitative estimate of drug-likeness (QED) is 0.615. The summed E-state index contributed by atoms with van der Waals surface area (Å²) in [4.78, 5) is 19.2. The second-order valence-electron chi connectivity index (χ2n) is 4.76. The number of anilines is 1. The molecule has 2 rings (SSSR count). The molecule has 0 saturated heterocycles. The van der Waals surface area contributed by atoms with Crippen LogP contribution < -0.4 is 15.4 Å². The zero-order valence-electron chi connectivity index (χ0n) is 11.8. The fourth-order valence-electron chi connectivity index (χ4n) is 1.61. The van der Waals surface area contributed by atoms with Crippen molar-refractivity contribution in [2.24, 2.45) is 0 Å². The molecular weight excluding hydrogens is 294 g/mol. The topological polar surface area (TPSA) is 113 Å². The monoisotopic (exact) mass is 313 g/mol. The molecular formula is C12H19N5O3S. The van der Waals surface area contributed by atoms with Gasteiger partial charge in [-0.2, -0.15) is 0 Å². The third-order valence-electron chi connectivity index (χ3n) is 2.86. The van der Waals surface area contributed by atoms with Gasteiger partial charge < -0.3 is 10.6 Å². The van der Waals surface area contributed by atoms with Crippen LogP contribution in [0, 0.1) is 0 Å². The van der Waals surface area contributed by atoms with Crippen molar-refractivity contribution in [2.45, 2.75) is 37.1 Å². The van der Waals surface area contributed by atoms with Crippen LogP contribution in [-0.2, 0) is 14.8 Å². The van der Waals surface area contributed by atoms with Crippen LogP contribution in [0.5, 0.6) is 0 Å². The van der Waals surface area contributed by atoms with E-state index in [1.165, 1.54) is 12.4 Å². The van der Waals surface area contributed by atoms with E-state index in [1.807, 2.05) is 6.92 Å². The normalized spacial score (nSPS) is 14.7. The Labute approximate surface area is 123 Å². The third-order valence-corrected chi connectivity index (χ3v) is 4.28. The molecule has 0 atom stereocenters. The molecule has 1 aromatic heterocycles. The lowest BCUT2D eigenvalue weighted by molar-refractivity contribution is -0.121. The summed E-state index contributed by atoms with van der Waals surface area (Å²) in [5, 5.41) is 5.67. The first-order valence-corrected chi connectivity index (χ1v) is 8.34. The highest BCUT2D eigenvalue weighted by Gasteiger charge is 2.23. The standard InChI is InChI=1S/C12H19N5O3S/c1-2-13-12-14-7-10(8-15-12)21(19,20)16-6-5-11(18)17-9-3-4-9/h7-9,16H,2-6H2,1H3,(H,17,18)(H,13,14,15).